The lowest BCUT2D eigenvalue weighted by Gasteiger charge is -2.37. The summed E-state index contributed by atoms with van der Waals surface area (Å²) in [4.78, 5) is 0. The molecule has 108 valence electrons. The van der Waals surface area contributed by atoms with Gasteiger partial charge in [0, 0.05) is 12.6 Å². The first kappa shape index (κ1) is 16.2. The fourth-order valence-electron chi connectivity index (χ4n) is 2.49. The highest BCUT2D eigenvalue weighted by Gasteiger charge is 2.32. The molecule has 1 fully saturated rings. The second-order valence-electron chi connectivity index (χ2n) is 4.94. The van der Waals surface area contributed by atoms with Crippen molar-refractivity contribution < 1.29 is 8.42 Å². The fourth-order valence-corrected chi connectivity index (χ4v) is 3.70. The van der Waals surface area contributed by atoms with E-state index in [9.17, 15) is 8.42 Å². The van der Waals surface area contributed by atoms with Gasteiger partial charge in [-0.05, 0) is 24.3 Å². The van der Waals surface area contributed by atoms with Gasteiger partial charge in [0.05, 0.1) is 6.26 Å². The number of nitrogens with zero attached hydrogens (tertiary/aromatic N) is 1. The van der Waals surface area contributed by atoms with E-state index in [0.717, 1.165) is 18.4 Å². The van der Waals surface area contributed by atoms with Crippen molar-refractivity contribution >= 4 is 10.0 Å². The Morgan fingerprint density at radius 3 is 2.21 bits per heavy atom. The predicted molar refractivity (Wildman–Crippen MR) is 80.5 cm³/mol. The largest absolute Gasteiger partial charge is 0.212 e. The van der Waals surface area contributed by atoms with Crippen molar-refractivity contribution in [1.82, 2.24) is 4.31 Å². The molecule has 2 atom stereocenters. The molecule has 0 radical (unpaired) electrons. The Labute approximate surface area is 117 Å². The van der Waals surface area contributed by atoms with Crippen molar-refractivity contribution in [2.75, 3.05) is 12.8 Å². The number of hydrogen-bond acceptors (Lipinski definition) is 2. The van der Waals surface area contributed by atoms with Crippen molar-refractivity contribution in [3.63, 3.8) is 0 Å². The Morgan fingerprint density at radius 1 is 1.11 bits per heavy atom. The molecule has 0 aliphatic carbocycles. The first-order valence-electron chi connectivity index (χ1n) is 7.00. The topological polar surface area (TPSA) is 37.4 Å². The van der Waals surface area contributed by atoms with E-state index < -0.39 is 10.0 Å². The van der Waals surface area contributed by atoms with Crippen molar-refractivity contribution in [1.29, 1.82) is 0 Å². The molecule has 2 rings (SSSR count). The van der Waals surface area contributed by atoms with Crippen LogP contribution in [0.2, 0.25) is 0 Å². The summed E-state index contributed by atoms with van der Waals surface area (Å²) in [5, 5.41) is 0. The summed E-state index contributed by atoms with van der Waals surface area (Å²) >= 11 is 0. The van der Waals surface area contributed by atoms with Crippen LogP contribution >= 0.6 is 0 Å². The third-order valence-corrected chi connectivity index (χ3v) is 4.64. The van der Waals surface area contributed by atoms with E-state index in [1.165, 1.54) is 6.26 Å². The van der Waals surface area contributed by atoms with E-state index in [0.29, 0.717) is 12.5 Å². The highest BCUT2D eigenvalue weighted by molar-refractivity contribution is 7.88. The van der Waals surface area contributed by atoms with Crippen molar-refractivity contribution in [2.24, 2.45) is 5.92 Å². The van der Waals surface area contributed by atoms with E-state index >= 15 is 0 Å². The average Bonchev–Trinajstić information content (AvgIpc) is 2.41. The second kappa shape index (κ2) is 7.06. The van der Waals surface area contributed by atoms with E-state index in [4.69, 9.17) is 0 Å². The second-order valence-corrected chi connectivity index (χ2v) is 6.88. The lowest BCUT2D eigenvalue weighted by molar-refractivity contribution is 0.208. The highest BCUT2D eigenvalue weighted by atomic mass is 32.2. The maximum atomic E-state index is 11.8. The Hall–Kier alpha value is -0.870. The first-order valence-corrected chi connectivity index (χ1v) is 8.85. The molecule has 1 saturated heterocycles. The molecular formula is C15H25NO2S. The summed E-state index contributed by atoms with van der Waals surface area (Å²) in [6.07, 6.45) is 3.31. The molecule has 0 bridgehead atoms. The van der Waals surface area contributed by atoms with Crippen LogP contribution in [0.4, 0.5) is 0 Å². The standard InChI is InChI=1S/C13H19NO2S.C2H6/c1-11-8-9-13(12-6-4-3-5-7-12)14(10-11)17(2,15)16;1-2/h3-7,11,13H,8-10H2,1-2H3;1-2H3. The van der Waals surface area contributed by atoms with Crippen LogP contribution in [0.25, 0.3) is 0 Å². The molecular weight excluding hydrogens is 258 g/mol. The lowest BCUT2D eigenvalue weighted by atomic mass is 9.92. The maximum Gasteiger partial charge on any atom is 0.211 e. The molecule has 19 heavy (non-hydrogen) atoms. The van der Waals surface area contributed by atoms with Crippen LogP contribution in [0.3, 0.4) is 0 Å². The quantitative estimate of drug-likeness (QED) is 0.833. The Kier molecular flexibility index (Phi) is 6.01. The lowest BCUT2D eigenvalue weighted by Crippen LogP contribution is -2.40. The molecule has 3 nitrogen and oxygen atoms in total. The van der Waals surface area contributed by atoms with Gasteiger partial charge in [-0.2, -0.15) is 4.31 Å². The van der Waals surface area contributed by atoms with Crippen LogP contribution in [0.1, 0.15) is 45.2 Å². The van der Waals surface area contributed by atoms with Gasteiger partial charge in [-0.1, -0.05) is 51.1 Å². The van der Waals surface area contributed by atoms with Crippen molar-refractivity contribution in [3.05, 3.63) is 35.9 Å². The molecule has 0 amide bonds. The van der Waals surface area contributed by atoms with E-state index in [1.807, 2.05) is 44.2 Å². The summed E-state index contributed by atoms with van der Waals surface area (Å²) in [5.74, 6) is 0.449. The molecule has 1 aliphatic heterocycles. The predicted octanol–water partition coefficient (Wildman–Crippen LogP) is 3.45. The fraction of sp³-hybridized carbons (Fsp3) is 0.600. The van der Waals surface area contributed by atoms with Crippen LogP contribution < -0.4 is 0 Å². The maximum absolute atomic E-state index is 11.8. The molecule has 1 aromatic rings. The summed E-state index contributed by atoms with van der Waals surface area (Å²) in [7, 11) is -3.12. The molecule has 2 unspecified atom stereocenters. The zero-order valence-electron chi connectivity index (χ0n) is 12.3. The van der Waals surface area contributed by atoms with Crippen molar-refractivity contribution in [3.8, 4) is 0 Å². The molecule has 0 aromatic heterocycles. The number of rotatable bonds is 2. The SMILES string of the molecule is CC.CC1CCC(c2ccccc2)N(S(C)(=O)=O)C1. The van der Waals surface area contributed by atoms with Crippen LogP contribution in [-0.2, 0) is 10.0 Å². The third-order valence-electron chi connectivity index (χ3n) is 3.38. The average molecular weight is 283 g/mol. The molecule has 0 N–H and O–H groups in total. The highest BCUT2D eigenvalue weighted by Crippen LogP contribution is 2.34. The van der Waals surface area contributed by atoms with Gasteiger partial charge < -0.3 is 0 Å². The van der Waals surface area contributed by atoms with Crippen LogP contribution in [-0.4, -0.2) is 25.5 Å². The van der Waals surface area contributed by atoms with Gasteiger partial charge in [-0.25, -0.2) is 8.42 Å². The zero-order valence-corrected chi connectivity index (χ0v) is 13.2. The van der Waals surface area contributed by atoms with Crippen LogP contribution in [0.5, 0.6) is 0 Å². The third kappa shape index (κ3) is 4.32. The first-order chi connectivity index (χ1) is 8.98. The van der Waals surface area contributed by atoms with Crippen LogP contribution in [0, 0.1) is 5.92 Å². The van der Waals surface area contributed by atoms with E-state index in [-0.39, 0.29) is 6.04 Å². The normalized spacial score (nSPS) is 24.4. The Balaban J connectivity index is 0.000000861. The number of sulfonamides is 1. The van der Waals surface area contributed by atoms with Gasteiger partial charge in [0.25, 0.3) is 0 Å². The number of benzene rings is 1. The molecule has 1 heterocycles. The van der Waals surface area contributed by atoms with Gasteiger partial charge >= 0.3 is 0 Å². The number of piperidine rings is 1. The summed E-state index contributed by atoms with van der Waals surface area (Å²) < 4.78 is 25.3. The summed E-state index contributed by atoms with van der Waals surface area (Å²) in [6.45, 7) is 6.75. The van der Waals surface area contributed by atoms with Gasteiger partial charge in [0.1, 0.15) is 0 Å². The molecule has 0 spiro atoms. The van der Waals surface area contributed by atoms with Gasteiger partial charge in [0.15, 0.2) is 0 Å². The molecule has 0 saturated carbocycles. The Morgan fingerprint density at radius 2 is 1.68 bits per heavy atom. The minimum absolute atomic E-state index is 0.0161. The van der Waals surface area contributed by atoms with Crippen LogP contribution in [0.15, 0.2) is 30.3 Å². The minimum atomic E-state index is -3.12. The number of hydrogen-bond donors (Lipinski definition) is 0. The smallest absolute Gasteiger partial charge is 0.211 e. The summed E-state index contributed by atoms with van der Waals surface area (Å²) in [5.41, 5.74) is 1.10. The molecule has 1 aliphatic rings. The van der Waals surface area contributed by atoms with Crippen molar-refractivity contribution in [2.45, 2.75) is 39.7 Å². The monoisotopic (exact) mass is 283 g/mol. The van der Waals surface area contributed by atoms with E-state index in [2.05, 4.69) is 6.92 Å². The minimum Gasteiger partial charge on any atom is -0.212 e. The zero-order chi connectivity index (χ0) is 14.5. The molecule has 1 aromatic carbocycles. The molecule has 4 heteroatoms. The van der Waals surface area contributed by atoms with Gasteiger partial charge in [-0.3, -0.25) is 0 Å². The van der Waals surface area contributed by atoms with Gasteiger partial charge in [-0.15, -0.1) is 0 Å². The van der Waals surface area contributed by atoms with Gasteiger partial charge in [0.2, 0.25) is 10.0 Å². The summed E-state index contributed by atoms with van der Waals surface area (Å²) in [6, 6.07) is 9.93. The van der Waals surface area contributed by atoms with E-state index in [1.54, 1.807) is 4.31 Å². The Bertz CT molecular complexity index is 470.